The van der Waals surface area contributed by atoms with Gasteiger partial charge in [0.15, 0.2) is 5.82 Å². The van der Waals surface area contributed by atoms with Crippen molar-refractivity contribution in [1.82, 2.24) is 14.9 Å². The zero-order valence-electron chi connectivity index (χ0n) is 19.3. The minimum absolute atomic E-state index is 0.136. The highest BCUT2D eigenvalue weighted by molar-refractivity contribution is 7.93. The number of likely N-dealkylation sites (tertiary alicyclic amines) is 1. The summed E-state index contributed by atoms with van der Waals surface area (Å²) in [7, 11) is -2.56. The number of hydrogen-bond acceptors (Lipinski definition) is 8. The third-order valence-electron chi connectivity index (χ3n) is 6.35. The number of anilines is 2. The number of rotatable bonds is 7. The van der Waals surface area contributed by atoms with Gasteiger partial charge in [-0.1, -0.05) is 41.9 Å². The zero-order chi connectivity index (χ0) is 25.2. The molecule has 0 aliphatic carbocycles. The van der Waals surface area contributed by atoms with Crippen LogP contribution in [0.15, 0.2) is 58.4 Å². The number of sulfonamides is 1. The molecular formula is C23H26ClN5O4S2. The van der Waals surface area contributed by atoms with Crippen LogP contribution in [0.3, 0.4) is 0 Å². The van der Waals surface area contributed by atoms with Crippen molar-refractivity contribution in [2.75, 3.05) is 29.3 Å². The topological polar surface area (TPSA) is 107 Å². The van der Waals surface area contributed by atoms with E-state index in [-0.39, 0.29) is 26.1 Å². The molecule has 1 saturated heterocycles. The first kappa shape index (κ1) is 25.4. The van der Waals surface area contributed by atoms with Crippen LogP contribution >= 0.6 is 22.9 Å². The summed E-state index contributed by atoms with van der Waals surface area (Å²) in [5.41, 5.74) is 2.64. The number of piperidine rings is 1. The molecule has 1 aliphatic heterocycles. The summed E-state index contributed by atoms with van der Waals surface area (Å²) >= 11 is 7.55. The van der Waals surface area contributed by atoms with Gasteiger partial charge in [0.05, 0.1) is 10.5 Å². The second kappa shape index (κ2) is 10.5. The van der Waals surface area contributed by atoms with E-state index >= 15 is 0 Å². The van der Waals surface area contributed by atoms with E-state index in [1.54, 1.807) is 0 Å². The third kappa shape index (κ3) is 5.27. The van der Waals surface area contributed by atoms with Crippen molar-refractivity contribution in [3.05, 3.63) is 64.1 Å². The summed E-state index contributed by atoms with van der Waals surface area (Å²) in [5, 5.41) is 11.0. The molecule has 9 nitrogen and oxygen atoms in total. The minimum Gasteiger partial charge on any atom is -0.464 e. The molecule has 4 rings (SSSR count). The molecule has 1 atom stereocenters. The molecule has 2 aromatic heterocycles. The fraction of sp³-hybridized carbons (Fsp3) is 0.348. The van der Waals surface area contributed by atoms with Crippen molar-refractivity contribution in [3.8, 4) is 0 Å². The first-order valence-corrected chi connectivity index (χ1v) is 13.8. The first-order valence-electron chi connectivity index (χ1n) is 11.0. The summed E-state index contributed by atoms with van der Waals surface area (Å²) in [5.74, 6) is 0.256. The Bertz CT molecular complexity index is 1270. The maximum absolute atomic E-state index is 13.0. The molecule has 1 amide bonds. The van der Waals surface area contributed by atoms with Crippen molar-refractivity contribution >= 4 is 50.7 Å². The molecule has 1 N–H and O–H groups in total. The molecule has 0 radical (unpaired) electrons. The Morgan fingerprint density at radius 2 is 1.91 bits per heavy atom. The quantitative estimate of drug-likeness (QED) is 0.463. The highest BCUT2D eigenvalue weighted by atomic mass is 35.5. The van der Waals surface area contributed by atoms with Gasteiger partial charge in [-0.15, -0.1) is 15.6 Å². The second-order valence-electron chi connectivity index (χ2n) is 8.34. The normalized spacial score (nSPS) is 16.1. The van der Waals surface area contributed by atoms with E-state index in [1.165, 1.54) is 22.5 Å². The number of nitrogens with zero attached hydrogens (tertiary/aromatic N) is 5. The summed E-state index contributed by atoms with van der Waals surface area (Å²) in [6.07, 6.45) is 1.29. The van der Waals surface area contributed by atoms with E-state index in [1.807, 2.05) is 18.0 Å². The molecule has 1 fully saturated rings. The summed E-state index contributed by atoms with van der Waals surface area (Å²) in [4.78, 5) is 23.9. The number of hydrogen-bond donors (Lipinski definition) is 1. The Balaban J connectivity index is 1.47. The smallest absolute Gasteiger partial charge is 0.427 e. The zero-order valence-corrected chi connectivity index (χ0v) is 21.7. The highest BCUT2D eigenvalue weighted by Gasteiger charge is 2.34. The SMILES string of the molecule is C[C@H](c1ccccc1)N1CCC(N(C)c2ncc(S(=O)(=O)N(C(=O)O)c3cscn3)cc2Cl)CC1. The lowest BCUT2D eigenvalue weighted by molar-refractivity contribution is 0.161. The molecule has 3 aromatic rings. The lowest BCUT2D eigenvalue weighted by Gasteiger charge is -2.40. The summed E-state index contributed by atoms with van der Waals surface area (Å²) < 4.78 is 26.3. The van der Waals surface area contributed by atoms with E-state index < -0.39 is 16.1 Å². The van der Waals surface area contributed by atoms with Crippen molar-refractivity contribution in [2.24, 2.45) is 0 Å². The molecule has 1 aliphatic rings. The molecule has 0 unspecified atom stereocenters. The molecule has 0 spiro atoms. The van der Waals surface area contributed by atoms with Crippen LogP contribution in [-0.4, -0.2) is 60.7 Å². The predicted octanol–water partition coefficient (Wildman–Crippen LogP) is 4.73. The van der Waals surface area contributed by atoms with E-state index in [4.69, 9.17) is 11.6 Å². The average molecular weight is 536 g/mol. The van der Waals surface area contributed by atoms with Crippen LogP contribution in [0.5, 0.6) is 0 Å². The molecule has 0 bridgehead atoms. The third-order valence-corrected chi connectivity index (χ3v) is 8.84. The molecule has 186 valence electrons. The number of amides is 1. The number of benzene rings is 1. The van der Waals surface area contributed by atoms with Gasteiger partial charge < -0.3 is 10.0 Å². The van der Waals surface area contributed by atoms with Crippen LogP contribution in [0, 0.1) is 0 Å². The van der Waals surface area contributed by atoms with Gasteiger partial charge in [-0.2, -0.15) is 0 Å². The van der Waals surface area contributed by atoms with Gasteiger partial charge in [0.2, 0.25) is 0 Å². The molecular weight excluding hydrogens is 510 g/mol. The van der Waals surface area contributed by atoms with Gasteiger partial charge >= 0.3 is 6.09 Å². The fourth-order valence-electron chi connectivity index (χ4n) is 4.33. The van der Waals surface area contributed by atoms with Crippen LogP contribution in [0.4, 0.5) is 16.4 Å². The Morgan fingerprint density at radius 3 is 2.49 bits per heavy atom. The Morgan fingerprint density at radius 1 is 1.23 bits per heavy atom. The maximum atomic E-state index is 13.0. The van der Waals surface area contributed by atoms with Gasteiger partial charge in [0.25, 0.3) is 10.0 Å². The second-order valence-corrected chi connectivity index (χ2v) is 11.3. The van der Waals surface area contributed by atoms with Crippen molar-refractivity contribution in [3.63, 3.8) is 0 Å². The highest BCUT2D eigenvalue weighted by Crippen LogP contribution is 2.32. The lowest BCUT2D eigenvalue weighted by Crippen LogP contribution is -2.44. The van der Waals surface area contributed by atoms with Crippen molar-refractivity contribution in [2.45, 2.75) is 36.7 Å². The number of halogens is 1. The molecule has 35 heavy (non-hydrogen) atoms. The molecule has 1 aromatic carbocycles. The number of pyridine rings is 1. The van der Waals surface area contributed by atoms with Crippen LogP contribution in [0.25, 0.3) is 0 Å². The van der Waals surface area contributed by atoms with E-state index in [2.05, 4.69) is 46.1 Å². The maximum Gasteiger partial charge on any atom is 0.427 e. The van der Waals surface area contributed by atoms with Gasteiger partial charge in [-0.05, 0) is 31.4 Å². The van der Waals surface area contributed by atoms with E-state index in [9.17, 15) is 18.3 Å². The Kier molecular flexibility index (Phi) is 7.60. The largest absolute Gasteiger partial charge is 0.464 e. The van der Waals surface area contributed by atoms with Gasteiger partial charge in [0, 0.05) is 43.8 Å². The monoisotopic (exact) mass is 535 g/mol. The standard InChI is InChI=1S/C23H26ClN5O4S2/c1-16(17-6-4-3-5-7-17)28-10-8-18(9-11-28)27(2)22-20(24)12-19(13-25-22)35(32,33)29(23(30)31)21-14-34-15-26-21/h3-7,12-16,18H,8-11H2,1-2H3,(H,30,31)/t16-/m1/s1. The van der Waals surface area contributed by atoms with E-state index in [0.717, 1.165) is 43.5 Å². The van der Waals surface area contributed by atoms with Gasteiger partial charge in [-0.3, -0.25) is 4.90 Å². The van der Waals surface area contributed by atoms with Crippen LogP contribution in [-0.2, 0) is 10.0 Å². The van der Waals surface area contributed by atoms with Crippen molar-refractivity contribution < 1.29 is 18.3 Å². The Labute approximate surface area is 213 Å². The van der Waals surface area contributed by atoms with Crippen LogP contribution < -0.4 is 9.21 Å². The van der Waals surface area contributed by atoms with Crippen LogP contribution in [0.2, 0.25) is 5.02 Å². The summed E-state index contributed by atoms with van der Waals surface area (Å²) in [6, 6.07) is 12.2. The predicted molar refractivity (Wildman–Crippen MR) is 137 cm³/mol. The Hall–Kier alpha value is -2.73. The van der Waals surface area contributed by atoms with E-state index in [0.29, 0.717) is 11.9 Å². The minimum atomic E-state index is -4.45. The number of carboxylic acid groups (broad SMARTS) is 1. The van der Waals surface area contributed by atoms with Gasteiger partial charge in [0.1, 0.15) is 10.7 Å². The number of thiazole rings is 1. The first-order chi connectivity index (χ1) is 16.7. The van der Waals surface area contributed by atoms with Gasteiger partial charge in [-0.25, -0.2) is 23.2 Å². The molecule has 0 saturated carbocycles. The number of carbonyl (C=O) groups is 1. The average Bonchev–Trinajstić information content (AvgIpc) is 3.37. The lowest BCUT2D eigenvalue weighted by atomic mass is 9.99. The fourth-order valence-corrected chi connectivity index (χ4v) is 6.49. The van der Waals surface area contributed by atoms with Crippen LogP contribution in [0.1, 0.15) is 31.4 Å². The van der Waals surface area contributed by atoms with Crippen molar-refractivity contribution in [1.29, 1.82) is 0 Å². The summed E-state index contributed by atoms with van der Waals surface area (Å²) in [6.45, 7) is 4.04. The molecule has 12 heteroatoms. The molecule has 3 heterocycles. The number of aromatic nitrogens is 2.